The van der Waals surface area contributed by atoms with Crippen molar-refractivity contribution in [3.8, 4) is 17.2 Å². The Morgan fingerprint density at radius 3 is 2.52 bits per heavy atom. The average molecular weight is 458 g/mol. The van der Waals surface area contributed by atoms with Gasteiger partial charge in [-0.25, -0.2) is 0 Å². The molecule has 31 heavy (non-hydrogen) atoms. The Hall–Kier alpha value is -2.51. The Labute approximate surface area is 193 Å². The molecule has 0 spiro atoms. The van der Waals surface area contributed by atoms with Gasteiger partial charge in [0.05, 0.1) is 25.7 Å². The average Bonchev–Trinajstić information content (AvgIpc) is 3.05. The molecule has 5 nitrogen and oxygen atoms in total. The molecule has 0 aromatic heterocycles. The van der Waals surface area contributed by atoms with Gasteiger partial charge < -0.3 is 14.2 Å². The highest BCUT2D eigenvalue weighted by atomic mass is 32.2. The van der Waals surface area contributed by atoms with E-state index in [-0.39, 0.29) is 5.91 Å². The fraction of sp³-hybridized carbons (Fsp3) is 0.333. The lowest BCUT2D eigenvalue weighted by molar-refractivity contribution is -0.122. The number of nitrogens with zero attached hydrogens (tertiary/aromatic N) is 1. The number of unbranched alkanes of at least 4 members (excludes halogenated alkanes) is 1. The van der Waals surface area contributed by atoms with Crippen LogP contribution in [0.2, 0.25) is 0 Å². The van der Waals surface area contributed by atoms with Gasteiger partial charge in [-0.3, -0.25) is 9.69 Å². The third-order valence-corrected chi connectivity index (χ3v) is 6.28. The number of rotatable bonds is 10. The highest BCUT2D eigenvalue weighted by Gasteiger charge is 2.31. The summed E-state index contributed by atoms with van der Waals surface area (Å²) in [5.41, 5.74) is 2.00. The lowest BCUT2D eigenvalue weighted by atomic mass is 10.1. The van der Waals surface area contributed by atoms with Crippen molar-refractivity contribution in [3.05, 3.63) is 58.5 Å². The van der Waals surface area contributed by atoms with Crippen molar-refractivity contribution in [2.45, 2.75) is 26.2 Å². The van der Waals surface area contributed by atoms with Crippen molar-refractivity contribution < 1.29 is 19.0 Å². The maximum Gasteiger partial charge on any atom is 0.266 e. The van der Waals surface area contributed by atoms with Gasteiger partial charge in [0.15, 0.2) is 11.5 Å². The van der Waals surface area contributed by atoms with E-state index in [4.69, 9.17) is 26.4 Å². The molecule has 0 atom stereocenters. The molecule has 1 heterocycles. The van der Waals surface area contributed by atoms with Gasteiger partial charge in [-0.2, -0.15) is 0 Å². The minimum atomic E-state index is -0.0641. The topological polar surface area (TPSA) is 48.0 Å². The number of methoxy groups -OCH3 is 2. The molecule has 2 aromatic rings. The number of ether oxygens (including phenoxy) is 3. The normalized spacial score (nSPS) is 14.9. The molecule has 1 saturated heterocycles. The fourth-order valence-corrected chi connectivity index (χ4v) is 4.41. The van der Waals surface area contributed by atoms with Gasteiger partial charge in [0.2, 0.25) is 0 Å². The largest absolute Gasteiger partial charge is 0.497 e. The molecule has 164 valence electrons. The molecule has 0 unspecified atom stereocenters. The Kier molecular flexibility index (Phi) is 8.37. The summed E-state index contributed by atoms with van der Waals surface area (Å²) in [6.45, 7) is 3.32. The van der Waals surface area contributed by atoms with E-state index in [2.05, 4.69) is 6.92 Å². The summed E-state index contributed by atoms with van der Waals surface area (Å²) in [7, 11) is 3.26. The van der Waals surface area contributed by atoms with Crippen LogP contribution in [0.4, 0.5) is 0 Å². The number of thiocarbonyl (C=S) groups is 1. The molecule has 0 bridgehead atoms. The van der Waals surface area contributed by atoms with Crippen LogP contribution in [0.3, 0.4) is 0 Å². The highest BCUT2D eigenvalue weighted by molar-refractivity contribution is 8.26. The Morgan fingerprint density at radius 2 is 1.84 bits per heavy atom. The van der Waals surface area contributed by atoms with Crippen LogP contribution in [-0.2, 0) is 11.2 Å². The number of benzene rings is 2. The third-order valence-electron chi connectivity index (χ3n) is 4.90. The number of thioether (sulfide) groups is 1. The van der Waals surface area contributed by atoms with Gasteiger partial charge in [0, 0.05) is 6.54 Å². The standard InChI is InChI=1S/C24H27NO4S2/c1-4-5-14-29-20-11-8-18(15-21(20)28-3)16-22-23(26)25(24(30)31-22)13-12-17-6-9-19(27-2)10-7-17/h6-11,15-16H,4-5,12-14H2,1-3H3/b22-16-. The number of amides is 1. The van der Waals surface area contributed by atoms with Crippen LogP contribution in [0, 0.1) is 0 Å². The molecule has 0 radical (unpaired) electrons. The molecule has 1 amide bonds. The summed E-state index contributed by atoms with van der Waals surface area (Å²) < 4.78 is 17.0. The first-order valence-electron chi connectivity index (χ1n) is 10.2. The van der Waals surface area contributed by atoms with Crippen LogP contribution in [0.15, 0.2) is 47.4 Å². The molecule has 1 fully saturated rings. The van der Waals surface area contributed by atoms with Gasteiger partial charge >= 0.3 is 0 Å². The molecule has 1 aliphatic heterocycles. The van der Waals surface area contributed by atoms with E-state index in [9.17, 15) is 4.79 Å². The van der Waals surface area contributed by atoms with E-state index in [0.29, 0.717) is 33.9 Å². The molecular weight excluding hydrogens is 430 g/mol. The molecule has 0 aliphatic carbocycles. The van der Waals surface area contributed by atoms with E-state index in [1.54, 1.807) is 19.1 Å². The molecule has 0 saturated carbocycles. The first-order valence-corrected chi connectivity index (χ1v) is 11.5. The zero-order valence-electron chi connectivity index (χ0n) is 18.1. The first kappa shape index (κ1) is 23.2. The van der Waals surface area contributed by atoms with Crippen molar-refractivity contribution in [1.82, 2.24) is 4.90 Å². The Morgan fingerprint density at radius 1 is 1.06 bits per heavy atom. The molecule has 1 aliphatic rings. The minimum absolute atomic E-state index is 0.0641. The van der Waals surface area contributed by atoms with Gasteiger partial charge in [0.25, 0.3) is 5.91 Å². The van der Waals surface area contributed by atoms with E-state index >= 15 is 0 Å². The third kappa shape index (κ3) is 6.02. The summed E-state index contributed by atoms with van der Waals surface area (Å²) in [6.07, 6.45) is 4.64. The van der Waals surface area contributed by atoms with Crippen LogP contribution in [0.25, 0.3) is 6.08 Å². The number of hydrogen-bond acceptors (Lipinski definition) is 6. The first-order chi connectivity index (χ1) is 15.0. The zero-order valence-corrected chi connectivity index (χ0v) is 19.7. The zero-order chi connectivity index (χ0) is 22.2. The van der Waals surface area contributed by atoms with Crippen LogP contribution in [0.1, 0.15) is 30.9 Å². The summed E-state index contributed by atoms with van der Waals surface area (Å²) in [5.74, 6) is 2.11. The SMILES string of the molecule is CCCCOc1ccc(/C=C2\SC(=S)N(CCc3ccc(OC)cc3)C2=O)cc1OC. The second-order valence-electron chi connectivity index (χ2n) is 7.04. The van der Waals surface area contributed by atoms with Crippen LogP contribution in [-0.4, -0.2) is 42.5 Å². The summed E-state index contributed by atoms with van der Waals surface area (Å²) in [5, 5.41) is 0. The van der Waals surface area contributed by atoms with Gasteiger partial charge in [-0.15, -0.1) is 0 Å². The predicted molar refractivity (Wildman–Crippen MR) is 130 cm³/mol. The molecule has 2 aromatic carbocycles. The molecule has 3 rings (SSSR count). The van der Waals surface area contributed by atoms with Crippen molar-refractivity contribution in [2.24, 2.45) is 0 Å². The number of hydrogen-bond donors (Lipinski definition) is 0. The summed E-state index contributed by atoms with van der Waals surface area (Å²) >= 11 is 6.79. The van der Waals surface area contributed by atoms with Crippen molar-refractivity contribution in [1.29, 1.82) is 0 Å². The number of carbonyl (C=O) groups excluding carboxylic acids is 1. The van der Waals surface area contributed by atoms with E-state index in [1.165, 1.54) is 11.8 Å². The van der Waals surface area contributed by atoms with E-state index in [1.807, 2.05) is 48.5 Å². The van der Waals surface area contributed by atoms with Crippen molar-refractivity contribution >= 4 is 40.3 Å². The van der Waals surface area contributed by atoms with Crippen LogP contribution >= 0.6 is 24.0 Å². The van der Waals surface area contributed by atoms with E-state index < -0.39 is 0 Å². The summed E-state index contributed by atoms with van der Waals surface area (Å²) in [4.78, 5) is 15.2. The predicted octanol–water partition coefficient (Wildman–Crippen LogP) is 5.33. The fourth-order valence-electron chi connectivity index (χ4n) is 3.10. The van der Waals surface area contributed by atoms with Crippen LogP contribution in [0.5, 0.6) is 17.2 Å². The van der Waals surface area contributed by atoms with Crippen molar-refractivity contribution in [3.63, 3.8) is 0 Å². The second-order valence-corrected chi connectivity index (χ2v) is 8.72. The molecular formula is C24H27NO4S2. The maximum atomic E-state index is 12.9. The number of carbonyl (C=O) groups is 1. The molecule has 0 N–H and O–H groups in total. The second kappa shape index (κ2) is 11.2. The Bertz CT molecular complexity index is 957. The monoisotopic (exact) mass is 457 g/mol. The van der Waals surface area contributed by atoms with Gasteiger partial charge in [0.1, 0.15) is 10.1 Å². The summed E-state index contributed by atoms with van der Waals surface area (Å²) in [6, 6.07) is 13.5. The van der Waals surface area contributed by atoms with Gasteiger partial charge in [-0.05, 0) is 54.3 Å². The maximum absolute atomic E-state index is 12.9. The highest BCUT2D eigenvalue weighted by Crippen LogP contribution is 2.35. The lowest BCUT2D eigenvalue weighted by Crippen LogP contribution is -2.30. The quantitative estimate of drug-likeness (QED) is 0.273. The lowest BCUT2D eigenvalue weighted by Gasteiger charge is -2.14. The van der Waals surface area contributed by atoms with Crippen molar-refractivity contribution in [2.75, 3.05) is 27.4 Å². The smallest absolute Gasteiger partial charge is 0.266 e. The minimum Gasteiger partial charge on any atom is -0.497 e. The Balaban J connectivity index is 1.67. The molecule has 7 heteroatoms. The van der Waals surface area contributed by atoms with Crippen LogP contribution < -0.4 is 14.2 Å². The van der Waals surface area contributed by atoms with Gasteiger partial charge in [-0.1, -0.05) is 55.5 Å². The van der Waals surface area contributed by atoms with E-state index in [0.717, 1.165) is 36.1 Å².